The summed E-state index contributed by atoms with van der Waals surface area (Å²) in [6, 6.07) is -0.879. The molecule has 0 aromatic heterocycles. The third kappa shape index (κ3) is 51.9. The summed E-state index contributed by atoms with van der Waals surface area (Å²) in [5.41, 5.74) is 0. The number of allylic oxidation sites excluding steroid dienone is 13. The summed E-state index contributed by atoms with van der Waals surface area (Å²) in [7, 11) is 1.45. The van der Waals surface area contributed by atoms with E-state index in [0.717, 1.165) is 77.0 Å². The number of phosphoric ester groups is 1. The van der Waals surface area contributed by atoms with Crippen LogP contribution >= 0.6 is 7.82 Å². The Hall–Kier alpha value is -2.81. The largest absolute Gasteiger partial charge is 0.472 e. The Kier molecular flexibility index (Phi) is 48.7. The number of unbranched alkanes of at least 4 members (excludes halogenated alkanes) is 23. The fraction of sp³-hybridized carbons (Fsp3) is 0.738. The molecular weight excluding hydrogens is 904 g/mol. The number of nitrogens with one attached hydrogen (secondary N) is 1. The van der Waals surface area contributed by atoms with Crippen LogP contribution in [-0.4, -0.2) is 74.3 Å². The molecule has 0 aromatic rings. The molecule has 3 unspecified atom stereocenters. The van der Waals surface area contributed by atoms with Crippen molar-refractivity contribution in [1.82, 2.24) is 5.32 Å². The fourth-order valence-electron chi connectivity index (χ4n) is 7.91. The molecule has 0 spiro atoms. The molecule has 10 heteroatoms. The van der Waals surface area contributed by atoms with Gasteiger partial charge in [-0.1, -0.05) is 241 Å². The molecule has 0 fully saturated rings. The van der Waals surface area contributed by atoms with Crippen LogP contribution in [0.1, 0.15) is 239 Å². The third-order valence-corrected chi connectivity index (χ3v) is 13.3. The monoisotopic (exact) mass is 1010 g/mol. The highest BCUT2D eigenvalue weighted by Gasteiger charge is 2.30. The van der Waals surface area contributed by atoms with Crippen LogP contribution in [0.3, 0.4) is 0 Å². The standard InChI is InChI=1S/C61H109N2O7P/c1-7-10-13-16-19-22-25-28-30-31-32-33-34-36-39-42-45-48-51-54-61(65)70-59(52-49-46-43-40-37-27-24-21-18-15-12-9-3)58(57-69-71(66,67)68-56-55-63(4,5)6)62-60(64)53-50-47-44-41-38-35-29-26-23-20-17-14-11-8-2/h10,13,19,22,28,30,32-33,36,39,45,48-49,52,58-59H,7-9,11-12,14-18,20-21,23-27,29,31,34-35,37-38,40-44,46-47,50-51,53-57H2,1-6H3,(H-,62,64,66,67)/p+1/b13-10-,22-19-,30-28-,33-32-,39-36-,48-45-,52-49+. The van der Waals surface area contributed by atoms with Crippen molar-refractivity contribution in [3.8, 4) is 0 Å². The summed E-state index contributed by atoms with van der Waals surface area (Å²) in [4.78, 5) is 37.5. The molecule has 0 bridgehead atoms. The van der Waals surface area contributed by atoms with Crippen LogP contribution in [0.5, 0.6) is 0 Å². The molecule has 0 aliphatic rings. The van der Waals surface area contributed by atoms with Crippen LogP contribution < -0.4 is 5.32 Å². The smallest absolute Gasteiger partial charge is 0.456 e. The van der Waals surface area contributed by atoms with Gasteiger partial charge in [0.2, 0.25) is 5.91 Å². The molecule has 0 saturated carbocycles. The molecule has 0 heterocycles. The summed E-state index contributed by atoms with van der Waals surface area (Å²) in [5, 5.41) is 3.03. The van der Waals surface area contributed by atoms with Crippen LogP contribution in [0.2, 0.25) is 0 Å². The molecule has 0 aliphatic carbocycles. The predicted octanol–water partition coefficient (Wildman–Crippen LogP) is 17.4. The first kappa shape index (κ1) is 68.2. The minimum absolute atomic E-state index is 0.0270. The van der Waals surface area contributed by atoms with E-state index in [4.69, 9.17) is 13.8 Å². The highest BCUT2D eigenvalue weighted by atomic mass is 31.2. The van der Waals surface area contributed by atoms with Crippen molar-refractivity contribution in [1.29, 1.82) is 0 Å². The molecule has 71 heavy (non-hydrogen) atoms. The molecule has 3 atom stereocenters. The lowest BCUT2D eigenvalue weighted by molar-refractivity contribution is -0.870. The van der Waals surface area contributed by atoms with E-state index in [1.54, 1.807) is 0 Å². The zero-order chi connectivity index (χ0) is 52.2. The molecule has 0 rings (SSSR count). The van der Waals surface area contributed by atoms with E-state index in [9.17, 15) is 19.0 Å². The number of esters is 1. The van der Waals surface area contributed by atoms with E-state index in [-0.39, 0.29) is 25.5 Å². The predicted molar refractivity (Wildman–Crippen MR) is 304 cm³/mol. The number of hydrogen-bond donors (Lipinski definition) is 2. The van der Waals surface area contributed by atoms with E-state index in [1.165, 1.54) is 122 Å². The van der Waals surface area contributed by atoms with Crippen molar-refractivity contribution in [2.45, 2.75) is 251 Å². The van der Waals surface area contributed by atoms with Gasteiger partial charge in [0.1, 0.15) is 19.3 Å². The zero-order valence-corrected chi connectivity index (χ0v) is 47.6. The number of likely N-dealkylation sites (N-methyl/N-ethyl adjacent to an activating group) is 1. The number of quaternary nitrogens is 1. The summed E-state index contributed by atoms with van der Waals surface area (Å²) in [6.07, 6.45) is 65.9. The first-order valence-electron chi connectivity index (χ1n) is 28.9. The third-order valence-electron chi connectivity index (χ3n) is 12.4. The number of amides is 1. The lowest BCUT2D eigenvalue weighted by Crippen LogP contribution is -2.47. The number of hydrogen-bond acceptors (Lipinski definition) is 6. The molecule has 0 aliphatic heterocycles. The average Bonchev–Trinajstić information content (AvgIpc) is 3.33. The van der Waals surface area contributed by atoms with Crippen molar-refractivity contribution in [3.05, 3.63) is 85.1 Å². The van der Waals surface area contributed by atoms with Gasteiger partial charge in [0.15, 0.2) is 0 Å². The molecular formula is C61H110N2O7P+. The number of carbonyl (C=O) groups is 2. The van der Waals surface area contributed by atoms with Crippen LogP contribution in [-0.2, 0) is 27.9 Å². The fourth-order valence-corrected chi connectivity index (χ4v) is 8.64. The Morgan fingerprint density at radius 2 is 0.915 bits per heavy atom. The second kappa shape index (κ2) is 50.7. The maximum absolute atomic E-state index is 13.5. The van der Waals surface area contributed by atoms with Gasteiger partial charge < -0.3 is 19.4 Å². The van der Waals surface area contributed by atoms with Gasteiger partial charge in [-0.15, -0.1) is 0 Å². The zero-order valence-electron chi connectivity index (χ0n) is 46.7. The number of nitrogens with zero attached hydrogens (tertiary/aromatic N) is 1. The summed E-state index contributed by atoms with van der Waals surface area (Å²) >= 11 is 0. The Balaban J connectivity index is 5.46. The Morgan fingerprint density at radius 1 is 0.507 bits per heavy atom. The van der Waals surface area contributed by atoms with Gasteiger partial charge >= 0.3 is 13.8 Å². The van der Waals surface area contributed by atoms with E-state index >= 15 is 0 Å². The summed E-state index contributed by atoms with van der Waals surface area (Å²) in [5.74, 6) is -0.603. The number of phosphoric acid groups is 1. The minimum Gasteiger partial charge on any atom is -0.456 e. The van der Waals surface area contributed by atoms with Gasteiger partial charge in [0.25, 0.3) is 0 Å². The Bertz CT molecular complexity index is 1490. The number of ether oxygens (including phenoxy) is 1. The van der Waals surface area contributed by atoms with Crippen LogP contribution in [0.15, 0.2) is 85.1 Å². The van der Waals surface area contributed by atoms with Gasteiger partial charge in [0.05, 0.1) is 33.8 Å². The number of rotatable bonds is 51. The molecule has 0 radical (unpaired) electrons. The van der Waals surface area contributed by atoms with Crippen molar-refractivity contribution in [2.24, 2.45) is 0 Å². The number of carbonyl (C=O) groups excluding carboxylic acids is 2. The van der Waals surface area contributed by atoms with Crippen molar-refractivity contribution in [3.63, 3.8) is 0 Å². The second-order valence-electron chi connectivity index (χ2n) is 20.4. The second-order valence-corrected chi connectivity index (χ2v) is 21.9. The Labute approximate surface area is 437 Å². The van der Waals surface area contributed by atoms with E-state index < -0.39 is 25.9 Å². The van der Waals surface area contributed by atoms with E-state index in [2.05, 4.69) is 92.9 Å². The maximum atomic E-state index is 13.5. The molecule has 0 aromatic carbocycles. The first-order valence-corrected chi connectivity index (χ1v) is 30.4. The van der Waals surface area contributed by atoms with Crippen LogP contribution in [0.25, 0.3) is 0 Å². The quantitative estimate of drug-likeness (QED) is 0.0205. The topological polar surface area (TPSA) is 111 Å². The highest BCUT2D eigenvalue weighted by molar-refractivity contribution is 7.47. The molecule has 2 N–H and O–H groups in total. The Morgan fingerprint density at radius 3 is 1.35 bits per heavy atom. The summed E-state index contributed by atoms with van der Waals surface area (Å²) in [6.45, 7) is 6.84. The van der Waals surface area contributed by atoms with Crippen molar-refractivity contribution < 1.29 is 37.3 Å². The molecule has 410 valence electrons. The van der Waals surface area contributed by atoms with Gasteiger partial charge in [-0.05, 0) is 70.3 Å². The van der Waals surface area contributed by atoms with Gasteiger partial charge in [-0.2, -0.15) is 0 Å². The van der Waals surface area contributed by atoms with Crippen molar-refractivity contribution in [2.75, 3.05) is 40.9 Å². The minimum atomic E-state index is -4.46. The highest BCUT2D eigenvalue weighted by Crippen LogP contribution is 2.43. The van der Waals surface area contributed by atoms with Crippen LogP contribution in [0, 0.1) is 0 Å². The van der Waals surface area contributed by atoms with E-state index in [0.29, 0.717) is 23.9 Å². The van der Waals surface area contributed by atoms with Gasteiger partial charge in [-0.3, -0.25) is 18.6 Å². The lowest BCUT2D eigenvalue weighted by Gasteiger charge is -2.27. The summed E-state index contributed by atoms with van der Waals surface area (Å²) < 4.78 is 30.5. The maximum Gasteiger partial charge on any atom is 0.472 e. The molecule has 1 amide bonds. The van der Waals surface area contributed by atoms with Gasteiger partial charge in [-0.25, -0.2) is 4.57 Å². The van der Waals surface area contributed by atoms with Crippen LogP contribution in [0.4, 0.5) is 0 Å². The SMILES string of the molecule is CC/C=C\C/C=C\C/C=C\C/C=C\C/C=C\C/C=C\CCC(=O)OC(/C=C/CCCCCCCCCCCC)C(COP(=O)(O)OCC[N+](C)(C)C)NC(=O)CCCCCCCCCCCCCCCC. The van der Waals surface area contributed by atoms with Crippen molar-refractivity contribution >= 4 is 19.7 Å². The molecule has 9 nitrogen and oxygen atoms in total. The first-order chi connectivity index (χ1) is 34.4. The van der Waals surface area contributed by atoms with Gasteiger partial charge in [0, 0.05) is 12.8 Å². The molecule has 0 saturated heterocycles. The average molecular weight is 1010 g/mol. The lowest BCUT2D eigenvalue weighted by atomic mass is 10.0. The van der Waals surface area contributed by atoms with E-state index in [1.807, 2.05) is 39.4 Å². The normalized spacial score (nSPS) is 14.4.